The molecule has 29 heavy (non-hydrogen) atoms. The third-order valence-corrected chi connectivity index (χ3v) is 7.76. The zero-order valence-electron chi connectivity index (χ0n) is 16.6. The van der Waals surface area contributed by atoms with Crippen LogP contribution in [0.3, 0.4) is 0 Å². The van der Waals surface area contributed by atoms with E-state index in [9.17, 15) is 0 Å². The van der Waals surface area contributed by atoms with E-state index in [1.807, 2.05) is 25.4 Å². The Hall–Kier alpha value is -1.98. The average Bonchev–Trinajstić information content (AvgIpc) is 3.38. The first-order chi connectivity index (χ1) is 14.0. The highest BCUT2D eigenvalue weighted by Crippen LogP contribution is 2.47. The Morgan fingerprint density at radius 1 is 1.03 bits per heavy atom. The minimum absolute atomic E-state index is 0.371. The molecule has 1 aromatic carbocycles. The van der Waals surface area contributed by atoms with Crippen molar-refractivity contribution >= 4 is 40.5 Å². The van der Waals surface area contributed by atoms with Crippen molar-refractivity contribution in [2.45, 2.75) is 45.4 Å². The van der Waals surface area contributed by atoms with Crippen LogP contribution >= 0.6 is 23.2 Å². The number of rotatable bonds is 2. The standard InChI is InChI=1S/C22H25Cl2N5/c1-14-17(15-4-5-16(25)19(24)18(15)23)20-26-10-13-29(20)21(27-14)28-11-8-22(9-12-28)6-2-3-7-22/h4-5,10,13H,2-3,6-9,11-12,25H2,1H3. The molecule has 1 aliphatic carbocycles. The van der Waals surface area contributed by atoms with Crippen LogP contribution in [0.15, 0.2) is 24.5 Å². The molecule has 2 N–H and O–H groups in total. The molecular weight excluding hydrogens is 405 g/mol. The number of nitrogens with zero attached hydrogens (tertiary/aromatic N) is 4. The number of hydrogen-bond donors (Lipinski definition) is 1. The molecule has 1 spiro atoms. The van der Waals surface area contributed by atoms with Gasteiger partial charge in [0, 0.05) is 36.6 Å². The number of halogens is 2. The zero-order chi connectivity index (χ0) is 20.2. The Bertz CT molecular complexity index is 1070. The van der Waals surface area contributed by atoms with Crippen molar-refractivity contribution in [2.24, 2.45) is 5.41 Å². The number of hydrogen-bond acceptors (Lipinski definition) is 4. The summed E-state index contributed by atoms with van der Waals surface area (Å²) in [5.41, 5.74) is 10.4. The van der Waals surface area contributed by atoms with Gasteiger partial charge in [0.2, 0.25) is 5.95 Å². The first-order valence-corrected chi connectivity index (χ1v) is 11.1. The summed E-state index contributed by atoms with van der Waals surface area (Å²) < 4.78 is 2.08. The van der Waals surface area contributed by atoms with E-state index in [4.69, 9.17) is 33.9 Å². The van der Waals surface area contributed by atoms with E-state index in [-0.39, 0.29) is 0 Å². The Kier molecular flexibility index (Phi) is 4.63. The molecule has 0 unspecified atom stereocenters. The average molecular weight is 430 g/mol. The van der Waals surface area contributed by atoms with Crippen molar-refractivity contribution in [3.8, 4) is 11.1 Å². The van der Waals surface area contributed by atoms with E-state index in [1.165, 1.54) is 38.5 Å². The van der Waals surface area contributed by atoms with Gasteiger partial charge < -0.3 is 10.6 Å². The Morgan fingerprint density at radius 2 is 1.76 bits per heavy atom. The number of imidazole rings is 1. The topological polar surface area (TPSA) is 59.5 Å². The lowest BCUT2D eigenvalue weighted by Gasteiger charge is -2.40. The van der Waals surface area contributed by atoms with Crippen molar-refractivity contribution in [2.75, 3.05) is 23.7 Å². The van der Waals surface area contributed by atoms with E-state index in [0.29, 0.717) is 21.1 Å². The molecule has 152 valence electrons. The maximum absolute atomic E-state index is 6.54. The van der Waals surface area contributed by atoms with Gasteiger partial charge in [0.25, 0.3) is 0 Å². The molecular formula is C22H25Cl2N5. The number of nitrogen functional groups attached to an aromatic ring is 1. The fraction of sp³-hybridized carbons (Fsp3) is 0.455. The molecule has 2 fully saturated rings. The summed E-state index contributed by atoms with van der Waals surface area (Å²) in [6.07, 6.45) is 11.9. The third-order valence-electron chi connectivity index (χ3n) is 6.86. The van der Waals surface area contributed by atoms with Crippen LogP contribution in [0.4, 0.5) is 11.6 Å². The highest BCUT2D eigenvalue weighted by atomic mass is 35.5. The van der Waals surface area contributed by atoms with Crippen LogP contribution in [0, 0.1) is 12.3 Å². The number of fused-ring (bicyclic) bond motifs is 1. The number of aryl methyl sites for hydroxylation is 1. The van der Waals surface area contributed by atoms with Gasteiger partial charge in [-0.1, -0.05) is 42.1 Å². The first kappa shape index (κ1) is 19.0. The molecule has 1 saturated heterocycles. The first-order valence-electron chi connectivity index (χ1n) is 10.3. The van der Waals surface area contributed by atoms with Crippen molar-refractivity contribution in [1.29, 1.82) is 0 Å². The second-order valence-corrected chi connectivity index (χ2v) is 9.27. The lowest BCUT2D eigenvalue weighted by atomic mass is 9.77. The van der Waals surface area contributed by atoms with Gasteiger partial charge in [0.05, 0.1) is 21.4 Å². The number of aromatic nitrogens is 3. The molecule has 2 aromatic heterocycles. The Labute approximate surface area is 180 Å². The largest absolute Gasteiger partial charge is 0.397 e. The zero-order valence-corrected chi connectivity index (χ0v) is 18.1. The van der Waals surface area contributed by atoms with Crippen LogP contribution in [-0.4, -0.2) is 27.5 Å². The van der Waals surface area contributed by atoms with Gasteiger partial charge in [-0.2, -0.15) is 0 Å². The number of piperidine rings is 1. The predicted molar refractivity (Wildman–Crippen MR) is 120 cm³/mol. The minimum atomic E-state index is 0.371. The highest BCUT2D eigenvalue weighted by molar-refractivity contribution is 6.45. The fourth-order valence-electron chi connectivity index (χ4n) is 5.17. The van der Waals surface area contributed by atoms with Gasteiger partial charge in [0.1, 0.15) is 5.65 Å². The quantitative estimate of drug-likeness (QED) is 0.526. The minimum Gasteiger partial charge on any atom is -0.397 e. The smallest absolute Gasteiger partial charge is 0.211 e. The van der Waals surface area contributed by atoms with Crippen LogP contribution in [-0.2, 0) is 0 Å². The van der Waals surface area contributed by atoms with E-state index in [0.717, 1.165) is 41.5 Å². The molecule has 2 aliphatic rings. The van der Waals surface area contributed by atoms with Crippen molar-refractivity contribution in [3.63, 3.8) is 0 Å². The van der Waals surface area contributed by atoms with E-state index in [1.54, 1.807) is 6.07 Å². The molecule has 3 aromatic rings. The summed E-state index contributed by atoms with van der Waals surface area (Å²) in [5.74, 6) is 0.962. The number of benzene rings is 1. The third kappa shape index (κ3) is 3.06. The lowest BCUT2D eigenvalue weighted by molar-refractivity contribution is 0.225. The molecule has 5 rings (SSSR count). The monoisotopic (exact) mass is 429 g/mol. The van der Waals surface area contributed by atoms with E-state index < -0.39 is 0 Å². The Balaban J connectivity index is 1.57. The van der Waals surface area contributed by atoms with Gasteiger partial charge in [-0.3, -0.25) is 4.40 Å². The molecule has 0 radical (unpaired) electrons. The second kappa shape index (κ2) is 7.06. The summed E-state index contributed by atoms with van der Waals surface area (Å²) in [5, 5.41) is 0.811. The van der Waals surface area contributed by atoms with Gasteiger partial charge in [0.15, 0.2) is 0 Å². The fourth-order valence-corrected chi connectivity index (χ4v) is 5.60. The van der Waals surface area contributed by atoms with Crippen LogP contribution < -0.4 is 10.6 Å². The van der Waals surface area contributed by atoms with Crippen LogP contribution in [0.1, 0.15) is 44.2 Å². The van der Waals surface area contributed by atoms with Gasteiger partial charge in [-0.05, 0) is 44.1 Å². The summed E-state index contributed by atoms with van der Waals surface area (Å²) in [4.78, 5) is 12.0. The van der Waals surface area contributed by atoms with Crippen molar-refractivity contribution in [1.82, 2.24) is 14.4 Å². The summed E-state index contributed by atoms with van der Waals surface area (Å²) in [7, 11) is 0. The SMILES string of the molecule is Cc1nc(N2CCC3(CCCC3)CC2)n2ccnc2c1-c1ccc(N)c(Cl)c1Cl. The van der Waals surface area contributed by atoms with Gasteiger partial charge in [-0.15, -0.1) is 0 Å². The lowest BCUT2D eigenvalue weighted by Crippen LogP contribution is -2.40. The van der Waals surface area contributed by atoms with Gasteiger partial charge in [-0.25, -0.2) is 9.97 Å². The maximum Gasteiger partial charge on any atom is 0.211 e. The number of nitrogens with two attached hydrogens (primary N) is 1. The molecule has 0 amide bonds. The van der Waals surface area contributed by atoms with Crippen LogP contribution in [0.2, 0.25) is 10.0 Å². The second-order valence-electron chi connectivity index (χ2n) is 8.52. The van der Waals surface area contributed by atoms with Gasteiger partial charge >= 0.3 is 0 Å². The molecule has 0 atom stereocenters. The summed E-state index contributed by atoms with van der Waals surface area (Å²) in [6.45, 7) is 4.11. The molecule has 7 heteroatoms. The highest BCUT2D eigenvalue weighted by Gasteiger charge is 2.37. The van der Waals surface area contributed by atoms with Crippen molar-refractivity contribution in [3.05, 3.63) is 40.3 Å². The summed E-state index contributed by atoms with van der Waals surface area (Å²) in [6, 6.07) is 3.68. The molecule has 1 aliphatic heterocycles. The maximum atomic E-state index is 6.54. The van der Waals surface area contributed by atoms with E-state index >= 15 is 0 Å². The summed E-state index contributed by atoms with van der Waals surface area (Å²) >= 11 is 12.9. The normalized spacial score (nSPS) is 18.8. The van der Waals surface area contributed by atoms with E-state index in [2.05, 4.69) is 14.3 Å². The predicted octanol–water partition coefficient (Wildman–Crippen LogP) is 5.75. The molecule has 3 heterocycles. The van der Waals surface area contributed by atoms with Crippen molar-refractivity contribution < 1.29 is 0 Å². The number of anilines is 2. The van der Waals surface area contributed by atoms with Crippen LogP contribution in [0.25, 0.3) is 16.8 Å². The van der Waals surface area contributed by atoms with Crippen LogP contribution in [0.5, 0.6) is 0 Å². The molecule has 1 saturated carbocycles. The Morgan fingerprint density at radius 3 is 2.48 bits per heavy atom. The molecule has 0 bridgehead atoms. The molecule has 5 nitrogen and oxygen atoms in total.